The molecule has 0 spiro atoms. The Labute approximate surface area is 132 Å². The number of aromatic nitrogens is 2. The van der Waals surface area contributed by atoms with Gasteiger partial charge in [-0.2, -0.15) is 0 Å². The molecule has 2 saturated heterocycles. The number of rotatable bonds is 4. The van der Waals surface area contributed by atoms with Crippen molar-refractivity contribution < 1.29 is 19.0 Å². The molecule has 2 aromatic rings. The Morgan fingerprint density at radius 2 is 2.26 bits per heavy atom. The number of aliphatic hydroxyl groups excluding tert-OH is 1. The first-order chi connectivity index (χ1) is 11.2. The minimum Gasteiger partial charge on any atom is -0.389 e. The van der Waals surface area contributed by atoms with Crippen LogP contribution in [0.3, 0.4) is 0 Å². The van der Waals surface area contributed by atoms with Crippen LogP contribution in [0.2, 0.25) is 0 Å². The van der Waals surface area contributed by atoms with Gasteiger partial charge in [0.05, 0.1) is 25.1 Å². The van der Waals surface area contributed by atoms with E-state index in [9.17, 15) is 9.50 Å². The van der Waals surface area contributed by atoms with E-state index >= 15 is 0 Å². The van der Waals surface area contributed by atoms with E-state index in [0.29, 0.717) is 18.7 Å². The van der Waals surface area contributed by atoms with Crippen molar-refractivity contribution in [2.75, 3.05) is 6.61 Å². The third-order valence-electron chi connectivity index (χ3n) is 4.49. The highest BCUT2D eigenvalue weighted by atomic mass is 19.1. The Morgan fingerprint density at radius 3 is 3.04 bits per heavy atom. The second-order valence-electron chi connectivity index (χ2n) is 5.87. The molecule has 2 fully saturated rings. The zero-order valence-electron chi connectivity index (χ0n) is 12.4. The lowest BCUT2D eigenvalue weighted by Gasteiger charge is -2.39. The number of hydrogen-bond donors (Lipinski definition) is 2. The van der Waals surface area contributed by atoms with Crippen LogP contribution in [-0.2, 0) is 16.0 Å². The molecule has 0 radical (unpaired) electrons. The highest BCUT2D eigenvalue weighted by molar-refractivity contribution is 5.17. The highest BCUT2D eigenvalue weighted by Crippen LogP contribution is 2.35. The first kappa shape index (κ1) is 14.8. The third kappa shape index (κ3) is 2.66. The van der Waals surface area contributed by atoms with Crippen molar-refractivity contribution >= 4 is 0 Å². The number of ether oxygens (including phenoxy) is 2. The third-order valence-corrected chi connectivity index (χ3v) is 4.49. The Hall–Kier alpha value is -1.80. The number of halogens is 1. The molecule has 2 bridgehead atoms. The number of benzene rings is 1. The van der Waals surface area contributed by atoms with Gasteiger partial charge in [-0.25, -0.2) is 9.37 Å². The van der Waals surface area contributed by atoms with E-state index < -0.39 is 12.4 Å². The zero-order chi connectivity index (χ0) is 15.8. The van der Waals surface area contributed by atoms with Crippen LogP contribution in [-0.4, -0.2) is 45.8 Å². The summed E-state index contributed by atoms with van der Waals surface area (Å²) < 4.78 is 27.0. The van der Waals surface area contributed by atoms with Gasteiger partial charge in [-0.05, 0) is 6.07 Å². The van der Waals surface area contributed by atoms with Crippen molar-refractivity contribution in [3.63, 3.8) is 0 Å². The number of nitrogens with one attached hydrogen (secondary N) is 1. The lowest BCUT2D eigenvalue weighted by molar-refractivity contribution is -0.165. The first-order valence-electron chi connectivity index (χ1n) is 7.63. The van der Waals surface area contributed by atoms with Gasteiger partial charge in [0.1, 0.15) is 18.0 Å². The topological polar surface area (TPSA) is 68.5 Å². The van der Waals surface area contributed by atoms with Crippen molar-refractivity contribution in [1.82, 2.24) is 14.9 Å². The first-order valence-corrected chi connectivity index (χ1v) is 7.63. The molecule has 2 aliphatic heterocycles. The highest BCUT2D eigenvalue weighted by Gasteiger charge is 2.50. The summed E-state index contributed by atoms with van der Waals surface area (Å²) in [6, 6.07) is 5.86. The van der Waals surface area contributed by atoms with Gasteiger partial charge in [0.2, 0.25) is 0 Å². The predicted octanol–water partition coefficient (Wildman–Crippen LogP) is 0.838. The fourth-order valence-corrected chi connectivity index (χ4v) is 3.29. The lowest BCUT2D eigenvalue weighted by atomic mass is 9.95. The summed E-state index contributed by atoms with van der Waals surface area (Å²) in [5.41, 5.74) is 0.555. The van der Waals surface area contributed by atoms with Crippen LogP contribution in [0, 0.1) is 5.82 Å². The van der Waals surface area contributed by atoms with Crippen molar-refractivity contribution in [1.29, 1.82) is 0 Å². The number of imidazole rings is 1. The SMILES string of the molecule is OC1C(NCc2ccccc2F)C2COC(O2)C1n1ccnc1. The molecule has 0 saturated carbocycles. The summed E-state index contributed by atoms with van der Waals surface area (Å²) in [5.74, 6) is -0.266. The van der Waals surface area contributed by atoms with Gasteiger partial charge < -0.3 is 24.5 Å². The van der Waals surface area contributed by atoms with E-state index in [1.807, 2.05) is 0 Å². The number of nitrogens with zero attached hydrogens (tertiary/aromatic N) is 2. The second kappa shape index (κ2) is 6.01. The van der Waals surface area contributed by atoms with Crippen LogP contribution < -0.4 is 5.32 Å². The summed E-state index contributed by atoms with van der Waals surface area (Å²) in [6.07, 6.45) is 3.59. The number of aliphatic hydroxyl groups is 1. The van der Waals surface area contributed by atoms with Crippen LogP contribution in [0.5, 0.6) is 0 Å². The summed E-state index contributed by atoms with van der Waals surface area (Å²) in [4.78, 5) is 4.02. The maximum absolute atomic E-state index is 13.8. The molecule has 7 heteroatoms. The molecule has 5 atom stereocenters. The standard InChI is InChI=1S/C16H18FN3O3/c17-11-4-2-1-3-10(11)7-19-13-12-8-22-16(23-12)14(15(13)21)20-6-5-18-9-20/h1-6,9,12-16,19,21H,7-8H2. The van der Waals surface area contributed by atoms with Crippen molar-refractivity contribution in [2.45, 2.75) is 37.1 Å². The van der Waals surface area contributed by atoms with Gasteiger partial charge in [0.15, 0.2) is 6.29 Å². The molecular formula is C16H18FN3O3. The molecule has 23 heavy (non-hydrogen) atoms. The Bertz CT molecular complexity index is 666. The molecule has 3 heterocycles. The Kier molecular flexibility index (Phi) is 3.86. The molecule has 122 valence electrons. The molecular weight excluding hydrogens is 301 g/mol. The van der Waals surface area contributed by atoms with E-state index in [4.69, 9.17) is 9.47 Å². The second-order valence-corrected chi connectivity index (χ2v) is 5.87. The average Bonchev–Trinajstić information content (AvgIpc) is 3.21. The van der Waals surface area contributed by atoms with Gasteiger partial charge in [-0.15, -0.1) is 0 Å². The van der Waals surface area contributed by atoms with Gasteiger partial charge in [-0.3, -0.25) is 0 Å². The molecule has 4 rings (SSSR count). The zero-order valence-corrected chi connectivity index (χ0v) is 12.4. The Morgan fingerprint density at radius 1 is 1.39 bits per heavy atom. The molecule has 2 N–H and O–H groups in total. The number of fused-ring (bicyclic) bond motifs is 2. The molecule has 0 aliphatic carbocycles. The van der Waals surface area contributed by atoms with Gasteiger partial charge in [0.25, 0.3) is 0 Å². The van der Waals surface area contributed by atoms with Crippen molar-refractivity contribution in [2.24, 2.45) is 0 Å². The smallest absolute Gasteiger partial charge is 0.181 e. The maximum atomic E-state index is 13.8. The van der Waals surface area contributed by atoms with E-state index in [1.54, 1.807) is 41.5 Å². The largest absolute Gasteiger partial charge is 0.389 e. The molecule has 1 aromatic heterocycles. The van der Waals surface area contributed by atoms with Crippen LogP contribution in [0.4, 0.5) is 4.39 Å². The average molecular weight is 319 g/mol. The van der Waals surface area contributed by atoms with Crippen molar-refractivity contribution in [3.05, 3.63) is 54.4 Å². The monoisotopic (exact) mass is 319 g/mol. The fraction of sp³-hybridized carbons (Fsp3) is 0.438. The van der Waals surface area contributed by atoms with Gasteiger partial charge >= 0.3 is 0 Å². The van der Waals surface area contributed by atoms with E-state index in [0.717, 1.165) is 0 Å². The Balaban J connectivity index is 1.52. The maximum Gasteiger partial charge on any atom is 0.181 e. The molecule has 2 aliphatic rings. The lowest BCUT2D eigenvalue weighted by Crippen LogP contribution is -2.57. The quantitative estimate of drug-likeness (QED) is 0.874. The van der Waals surface area contributed by atoms with Crippen molar-refractivity contribution in [3.8, 4) is 0 Å². The predicted molar refractivity (Wildman–Crippen MR) is 78.9 cm³/mol. The normalized spacial score (nSPS) is 33.0. The van der Waals surface area contributed by atoms with Crippen LogP contribution in [0.15, 0.2) is 43.0 Å². The molecule has 1 aromatic carbocycles. The number of hydrogen-bond acceptors (Lipinski definition) is 5. The van der Waals surface area contributed by atoms with E-state index in [1.165, 1.54) is 6.07 Å². The molecule has 6 nitrogen and oxygen atoms in total. The van der Waals surface area contributed by atoms with E-state index in [-0.39, 0.29) is 24.0 Å². The molecule has 5 unspecified atom stereocenters. The summed E-state index contributed by atoms with van der Waals surface area (Å²) >= 11 is 0. The summed E-state index contributed by atoms with van der Waals surface area (Å²) in [7, 11) is 0. The minimum atomic E-state index is -0.720. The van der Waals surface area contributed by atoms with E-state index in [2.05, 4.69) is 10.3 Å². The minimum absolute atomic E-state index is 0.249. The summed E-state index contributed by atoms with van der Waals surface area (Å²) in [6.45, 7) is 0.720. The van der Waals surface area contributed by atoms with Crippen LogP contribution in [0.25, 0.3) is 0 Å². The van der Waals surface area contributed by atoms with Gasteiger partial charge in [-0.1, -0.05) is 18.2 Å². The molecule has 0 amide bonds. The van der Waals surface area contributed by atoms with Crippen LogP contribution in [0.1, 0.15) is 11.6 Å². The fourth-order valence-electron chi connectivity index (χ4n) is 3.29. The van der Waals surface area contributed by atoms with Crippen LogP contribution >= 0.6 is 0 Å². The summed E-state index contributed by atoms with van der Waals surface area (Å²) in [5, 5.41) is 14.0. The van der Waals surface area contributed by atoms with Gasteiger partial charge in [0, 0.05) is 24.5 Å².